The maximum Gasteiger partial charge on any atom is 0.306 e. The van der Waals surface area contributed by atoms with Crippen molar-refractivity contribution in [3.05, 3.63) is 36.8 Å². The van der Waals surface area contributed by atoms with Crippen LogP contribution in [0.2, 0.25) is 0 Å². The number of imidazole rings is 1. The predicted octanol–water partition coefficient (Wildman–Crippen LogP) is 1.75. The highest BCUT2D eigenvalue weighted by Crippen LogP contribution is 2.33. The number of nitrogens with zero attached hydrogens (tertiary/aromatic N) is 3. The van der Waals surface area contributed by atoms with Gasteiger partial charge in [-0.15, -0.1) is 0 Å². The van der Waals surface area contributed by atoms with Crippen molar-refractivity contribution in [3.63, 3.8) is 0 Å². The van der Waals surface area contributed by atoms with Gasteiger partial charge in [0.2, 0.25) is 5.78 Å². The summed E-state index contributed by atoms with van der Waals surface area (Å²) in [6.07, 6.45) is 6.09. The summed E-state index contributed by atoms with van der Waals surface area (Å²) in [5, 5.41) is 0. The molecule has 126 valence electrons. The van der Waals surface area contributed by atoms with Crippen molar-refractivity contribution in [2.45, 2.75) is 0 Å². The van der Waals surface area contributed by atoms with Crippen LogP contribution in [0.25, 0.3) is 17.0 Å². The molecule has 24 heavy (non-hydrogen) atoms. The lowest BCUT2D eigenvalue weighted by atomic mass is 10.1. The molecule has 1 aromatic carbocycles. The Kier molecular flexibility index (Phi) is 4.02. The van der Waals surface area contributed by atoms with Gasteiger partial charge in [-0.1, -0.05) is 0 Å². The number of fused-ring (bicyclic) bond motifs is 1. The standard InChI is InChI=1S/C15H15N3O5S/c1-21-11-7-16-15-17-13(9-18(15)8-11)12-5-4-10(6-14(12)22-2)23-24(3,19)20/h4-9H,1-3H3. The molecule has 0 bridgehead atoms. The lowest BCUT2D eigenvalue weighted by Gasteiger charge is -2.09. The molecule has 0 unspecified atom stereocenters. The molecule has 2 heterocycles. The highest BCUT2D eigenvalue weighted by molar-refractivity contribution is 7.86. The van der Waals surface area contributed by atoms with Crippen LogP contribution in [0, 0.1) is 0 Å². The fraction of sp³-hybridized carbons (Fsp3) is 0.200. The summed E-state index contributed by atoms with van der Waals surface area (Å²) >= 11 is 0. The highest BCUT2D eigenvalue weighted by Gasteiger charge is 2.14. The first-order valence-electron chi connectivity index (χ1n) is 6.86. The summed E-state index contributed by atoms with van der Waals surface area (Å²) in [6, 6.07) is 4.71. The lowest BCUT2D eigenvalue weighted by Crippen LogP contribution is -2.05. The van der Waals surface area contributed by atoms with E-state index in [1.165, 1.54) is 19.2 Å². The lowest BCUT2D eigenvalue weighted by molar-refractivity contribution is 0.410. The third-order valence-electron chi connectivity index (χ3n) is 3.22. The summed E-state index contributed by atoms with van der Waals surface area (Å²) < 4.78 is 39.5. The zero-order valence-corrected chi connectivity index (χ0v) is 14.1. The number of methoxy groups -OCH3 is 2. The molecule has 0 amide bonds. The van der Waals surface area contributed by atoms with Crippen LogP contribution in [0.4, 0.5) is 0 Å². The molecule has 2 aromatic heterocycles. The first-order valence-corrected chi connectivity index (χ1v) is 8.68. The van der Waals surface area contributed by atoms with E-state index in [2.05, 4.69) is 9.97 Å². The van der Waals surface area contributed by atoms with Gasteiger partial charge < -0.3 is 13.7 Å². The average molecular weight is 349 g/mol. The van der Waals surface area contributed by atoms with Crippen molar-refractivity contribution in [2.24, 2.45) is 0 Å². The van der Waals surface area contributed by atoms with Crippen LogP contribution in [-0.2, 0) is 10.1 Å². The van der Waals surface area contributed by atoms with E-state index in [-0.39, 0.29) is 5.75 Å². The number of benzene rings is 1. The fourth-order valence-electron chi connectivity index (χ4n) is 2.21. The summed E-state index contributed by atoms with van der Waals surface area (Å²) in [4.78, 5) is 8.63. The summed E-state index contributed by atoms with van der Waals surface area (Å²) in [5.74, 6) is 1.72. The molecule has 0 aliphatic carbocycles. The zero-order valence-electron chi connectivity index (χ0n) is 13.3. The van der Waals surface area contributed by atoms with E-state index in [4.69, 9.17) is 13.7 Å². The van der Waals surface area contributed by atoms with E-state index in [0.717, 1.165) is 6.26 Å². The minimum Gasteiger partial charge on any atom is -0.496 e. The Morgan fingerprint density at radius 3 is 2.54 bits per heavy atom. The monoisotopic (exact) mass is 349 g/mol. The molecule has 3 aromatic rings. The van der Waals surface area contributed by atoms with E-state index in [1.807, 2.05) is 0 Å². The molecule has 0 spiro atoms. The molecular weight excluding hydrogens is 334 g/mol. The van der Waals surface area contributed by atoms with Gasteiger partial charge >= 0.3 is 10.1 Å². The maximum atomic E-state index is 11.2. The van der Waals surface area contributed by atoms with Crippen LogP contribution in [0.3, 0.4) is 0 Å². The molecule has 0 aliphatic heterocycles. The second-order valence-electron chi connectivity index (χ2n) is 4.98. The summed E-state index contributed by atoms with van der Waals surface area (Å²) in [7, 11) is -0.561. The van der Waals surface area contributed by atoms with Crippen LogP contribution in [0.15, 0.2) is 36.8 Å². The zero-order chi connectivity index (χ0) is 17.3. The Bertz CT molecular complexity index is 998. The first-order chi connectivity index (χ1) is 11.4. The number of aromatic nitrogens is 3. The SMILES string of the molecule is COc1cnc2nc(-c3ccc(OS(C)(=O)=O)cc3OC)cn2c1. The second-order valence-corrected chi connectivity index (χ2v) is 6.55. The number of hydrogen-bond acceptors (Lipinski definition) is 7. The van der Waals surface area contributed by atoms with Crippen LogP contribution in [0.1, 0.15) is 0 Å². The van der Waals surface area contributed by atoms with Gasteiger partial charge in [-0.3, -0.25) is 4.40 Å². The minimum absolute atomic E-state index is 0.168. The van der Waals surface area contributed by atoms with Crippen molar-refractivity contribution in [1.82, 2.24) is 14.4 Å². The van der Waals surface area contributed by atoms with Gasteiger partial charge in [0.1, 0.15) is 11.5 Å². The van der Waals surface area contributed by atoms with Crippen LogP contribution in [0.5, 0.6) is 17.2 Å². The van der Waals surface area contributed by atoms with E-state index < -0.39 is 10.1 Å². The fourth-order valence-corrected chi connectivity index (χ4v) is 2.66. The largest absolute Gasteiger partial charge is 0.496 e. The Morgan fingerprint density at radius 1 is 1.08 bits per heavy atom. The maximum absolute atomic E-state index is 11.2. The van der Waals surface area contributed by atoms with Gasteiger partial charge in [-0.25, -0.2) is 9.97 Å². The molecule has 0 aliphatic rings. The van der Waals surface area contributed by atoms with Crippen molar-refractivity contribution >= 4 is 15.9 Å². The Hall–Kier alpha value is -2.81. The van der Waals surface area contributed by atoms with Crippen molar-refractivity contribution in [3.8, 4) is 28.5 Å². The molecule has 3 rings (SSSR count). The van der Waals surface area contributed by atoms with Crippen LogP contribution in [-0.4, -0.2) is 43.3 Å². The molecule has 0 saturated carbocycles. The van der Waals surface area contributed by atoms with Gasteiger partial charge in [-0.05, 0) is 12.1 Å². The predicted molar refractivity (Wildman–Crippen MR) is 87.0 cm³/mol. The molecule has 0 fully saturated rings. The van der Waals surface area contributed by atoms with E-state index in [1.54, 1.807) is 36.2 Å². The molecule has 0 N–H and O–H groups in total. The molecular formula is C15H15N3O5S. The van der Waals surface area contributed by atoms with Crippen molar-refractivity contribution in [1.29, 1.82) is 0 Å². The van der Waals surface area contributed by atoms with Gasteiger partial charge in [0.25, 0.3) is 0 Å². The highest BCUT2D eigenvalue weighted by atomic mass is 32.2. The average Bonchev–Trinajstić information content (AvgIpc) is 2.95. The smallest absolute Gasteiger partial charge is 0.306 e. The van der Waals surface area contributed by atoms with Crippen LogP contribution >= 0.6 is 0 Å². The van der Waals surface area contributed by atoms with Gasteiger partial charge in [0.05, 0.1) is 38.6 Å². The minimum atomic E-state index is -3.61. The van der Waals surface area contributed by atoms with E-state index in [9.17, 15) is 8.42 Å². The Morgan fingerprint density at radius 2 is 1.88 bits per heavy atom. The van der Waals surface area contributed by atoms with Gasteiger partial charge in [-0.2, -0.15) is 8.42 Å². The topological polar surface area (TPSA) is 92.0 Å². The Balaban J connectivity index is 2.05. The first kappa shape index (κ1) is 16.1. The molecule has 0 saturated heterocycles. The summed E-state index contributed by atoms with van der Waals surface area (Å²) in [6.45, 7) is 0. The molecule has 0 atom stereocenters. The van der Waals surface area contributed by atoms with Crippen molar-refractivity contribution in [2.75, 3.05) is 20.5 Å². The number of rotatable bonds is 5. The van der Waals surface area contributed by atoms with Crippen molar-refractivity contribution < 1.29 is 22.1 Å². The Labute approximate surface area is 138 Å². The van der Waals surface area contributed by atoms with Gasteiger partial charge in [0, 0.05) is 17.8 Å². The van der Waals surface area contributed by atoms with E-state index in [0.29, 0.717) is 28.5 Å². The third-order valence-corrected chi connectivity index (χ3v) is 3.71. The van der Waals surface area contributed by atoms with Gasteiger partial charge in [0.15, 0.2) is 5.75 Å². The quantitative estimate of drug-likeness (QED) is 0.648. The molecule has 0 radical (unpaired) electrons. The second kappa shape index (κ2) is 6.00. The third kappa shape index (κ3) is 3.25. The number of hydrogen-bond donors (Lipinski definition) is 0. The molecule has 9 heteroatoms. The summed E-state index contributed by atoms with van der Waals surface area (Å²) in [5.41, 5.74) is 1.31. The number of ether oxygens (including phenoxy) is 2. The van der Waals surface area contributed by atoms with Crippen LogP contribution < -0.4 is 13.7 Å². The molecule has 8 nitrogen and oxygen atoms in total. The normalized spacial score (nSPS) is 11.5. The van der Waals surface area contributed by atoms with E-state index >= 15 is 0 Å².